The lowest BCUT2D eigenvalue weighted by atomic mass is 9.46. The number of aliphatic hydroxyl groups is 1. The van der Waals surface area contributed by atoms with Crippen molar-refractivity contribution in [1.82, 2.24) is 0 Å². The third-order valence-electron chi connectivity index (χ3n) is 9.84. The molecular formula is C30H30O8S. The molecule has 3 saturated carbocycles. The van der Waals surface area contributed by atoms with Gasteiger partial charge in [0.25, 0.3) is 5.12 Å². The molecule has 8 nitrogen and oxygen atoms in total. The first-order valence-electron chi connectivity index (χ1n) is 13.3. The van der Waals surface area contributed by atoms with Crippen molar-refractivity contribution < 1.29 is 37.9 Å². The van der Waals surface area contributed by atoms with Crippen molar-refractivity contribution in [2.24, 2.45) is 28.6 Å². The maximum atomic E-state index is 14.1. The fourth-order valence-corrected chi connectivity index (χ4v) is 9.00. The summed E-state index contributed by atoms with van der Waals surface area (Å²) in [5.41, 5.74) is -2.03. The van der Waals surface area contributed by atoms with Gasteiger partial charge in [0.1, 0.15) is 0 Å². The van der Waals surface area contributed by atoms with Crippen molar-refractivity contribution in [3.63, 3.8) is 0 Å². The number of ether oxygens (including phenoxy) is 1. The van der Waals surface area contributed by atoms with E-state index in [1.165, 1.54) is 24.7 Å². The molecule has 4 aliphatic rings. The van der Waals surface area contributed by atoms with Crippen molar-refractivity contribution in [2.75, 3.05) is 0 Å². The van der Waals surface area contributed by atoms with Gasteiger partial charge in [-0.25, -0.2) is 4.79 Å². The number of rotatable bonds is 4. The Kier molecular flexibility index (Phi) is 6.15. The molecule has 4 aliphatic carbocycles. The van der Waals surface area contributed by atoms with Crippen molar-refractivity contribution in [1.29, 1.82) is 0 Å². The summed E-state index contributed by atoms with van der Waals surface area (Å²) in [5.74, 6) is -1.00. The molecule has 0 aromatic carbocycles. The Balaban J connectivity index is 1.38. The average molecular weight is 551 g/mol. The summed E-state index contributed by atoms with van der Waals surface area (Å²) in [6.45, 7) is 3.98. The number of esters is 1. The van der Waals surface area contributed by atoms with Gasteiger partial charge in [-0.15, -0.1) is 0 Å². The minimum atomic E-state index is -1.66. The molecule has 1 N–H and O–H groups in total. The van der Waals surface area contributed by atoms with Gasteiger partial charge in [-0.3, -0.25) is 14.4 Å². The summed E-state index contributed by atoms with van der Waals surface area (Å²) in [7, 11) is 0. The minimum absolute atomic E-state index is 0.0292. The Bertz CT molecular complexity index is 1390. The molecule has 0 bridgehead atoms. The van der Waals surface area contributed by atoms with Crippen LogP contribution in [0.3, 0.4) is 0 Å². The molecule has 0 amide bonds. The van der Waals surface area contributed by atoms with Crippen LogP contribution >= 0.6 is 11.8 Å². The van der Waals surface area contributed by atoms with E-state index >= 15 is 0 Å². The fourth-order valence-electron chi connectivity index (χ4n) is 8.07. The number of thioether (sulfide) groups is 1. The van der Waals surface area contributed by atoms with Gasteiger partial charge in [-0.1, -0.05) is 25.5 Å². The van der Waals surface area contributed by atoms with Crippen molar-refractivity contribution in [3.8, 4) is 0 Å². The van der Waals surface area contributed by atoms with Gasteiger partial charge >= 0.3 is 5.97 Å². The minimum Gasteiger partial charge on any atom is -0.460 e. The number of carbonyl (C=O) groups excluding carboxylic acids is 4. The quantitative estimate of drug-likeness (QED) is 0.515. The first kappa shape index (κ1) is 26.1. The van der Waals surface area contributed by atoms with Crippen molar-refractivity contribution in [2.45, 2.75) is 57.7 Å². The second kappa shape index (κ2) is 9.20. The maximum absolute atomic E-state index is 14.1. The summed E-state index contributed by atoms with van der Waals surface area (Å²) < 4.78 is 16.6. The van der Waals surface area contributed by atoms with Gasteiger partial charge < -0.3 is 18.7 Å². The summed E-state index contributed by atoms with van der Waals surface area (Å²) >= 11 is 0.476. The SMILES string of the molecule is CC12C=CC(=O)C=C1CCC1C2[C@@H](O)CC2(C)C1CC[C@]2(OC(=O)c1ccco1)C(=O)SC(=O)c1ccco1. The molecule has 0 saturated heterocycles. The molecule has 7 atom stereocenters. The molecule has 39 heavy (non-hydrogen) atoms. The molecule has 0 spiro atoms. The Morgan fingerprint density at radius 1 is 1.08 bits per heavy atom. The second-order valence-electron chi connectivity index (χ2n) is 11.6. The van der Waals surface area contributed by atoms with Crippen LogP contribution in [0.15, 0.2) is 69.4 Å². The van der Waals surface area contributed by atoms with Gasteiger partial charge in [0.15, 0.2) is 17.1 Å². The van der Waals surface area contributed by atoms with Gasteiger partial charge in [0.05, 0.1) is 18.6 Å². The Morgan fingerprint density at radius 3 is 2.49 bits per heavy atom. The predicted octanol–water partition coefficient (Wildman–Crippen LogP) is 5.15. The molecule has 0 radical (unpaired) electrons. The van der Waals surface area contributed by atoms with Crippen LogP contribution in [0.5, 0.6) is 0 Å². The van der Waals surface area contributed by atoms with E-state index in [1.807, 2.05) is 13.0 Å². The third kappa shape index (κ3) is 3.84. The van der Waals surface area contributed by atoms with Gasteiger partial charge in [-0.2, -0.15) is 0 Å². The lowest BCUT2D eigenvalue weighted by molar-refractivity contribution is -0.171. The highest BCUT2D eigenvalue weighted by Crippen LogP contribution is 2.68. The Hall–Kier alpha value is -3.17. The van der Waals surface area contributed by atoms with Gasteiger partial charge in [0, 0.05) is 16.7 Å². The molecule has 6 rings (SSSR count). The Labute approximate surface area is 229 Å². The van der Waals surface area contributed by atoms with Crippen LogP contribution in [-0.4, -0.2) is 38.8 Å². The van der Waals surface area contributed by atoms with Gasteiger partial charge in [-0.05, 0) is 92.1 Å². The summed E-state index contributed by atoms with van der Waals surface area (Å²) in [5, 5.41) is 10.6. The van der Waals surface area contributed by atoms with Crippen LogP contribution in [0.1, 0.15) is 67.1 Å². The van der Waals surface area contributed by atoms with Crippen LogP contribution in [-0.2, 0) is 14.3 Å². The standard InChI is InChI=1S/C30H30O8S/c1-28-11-9-18(31)15-17(28)7-8-19-20-10-12-30(29(20,2)16-21(32)24(19)28,38-25(33)22-5-3-13-36-22)27(35)39-26(34)23-6-4-14-37-23/h3-6,9,11,13-15,19-21,24,32H,7-8,10,12,16H2,1-2H3/t19?,20?,21-,24?,28?,29?,30-/m0/s1. The molecule has 0 aliphatic heterocycles. The van der Waals surface area contributed by atoms with Crippen LogP contribution in [0.2, 0.25) is 0 Å². The zero-order valence-corrected chi connectivity index (χ0v) is 22.6. The number of aliphatic hydroxyl groups excluding tert-OH is 1. The molecule has 3 fully saturated rings. The average Bonchev–Trinajstić information content (AvgIpc) is 3.66. The summed E-state index contributed by atoms with van der Waals surface area (Å²) in [6.07, 6.45) is 9.58. The van der Waals surface area contributed by atoms with Crippen LogP contribution in [0.4, 0.5) is 0 Å². The van der Waals surface area contributed by atoms with Crippen LogP contribution in [0, 0.1) is 28.6 Å². The molecule has 9 heteroatoms. The first-order chi connectivity index (χ1) is 18.6. The smallest absolute Gasteiger partial charge is 0.375 e. The normalized spacial score (nSPS) is 36.9. The molecule has 2 aromatic heterocycles. The molecule has 204 valence electrons. The van der Waals surface area contributed by atoms with E-state index in [9.17, 15) is 24.3 Å². The topological polar surface area (TPSA) is 124 Å². The highest BCUT2D eigenvalue weighted by atomic mass is 32.2. The van der Waals surface area contributed by atoms with Crippen molar-refractivity contribution >= 4 is 33.7 Å². The highest BCUT2D eigenvalue weighted by Gasteiger charge is 2.71. The summed E-state index contributed by atoms with van der Waals surface area (Å²) in [4.78, 5) is 52.4. The fraction of sp³-hybridized carbons (Fsp3) is 0.467. The maximum Gasteiger partial charge on any atom is 0.375 e. The monoisotopic (exact) mass is 550 g/mol. The number of furan rings is 2. The molecular weight excluding hydrogens is 520 g/mol. The number of hydrogen-bond donors (Lipinski definition) is 1. The zero-order chi connectivity index (χ0) is 27.6. The van der Waals surface area contributed by atoms with Crippen LogP contribution < -0.4 is 0 Å². The first-order valence-corrected chi connectivity index (χ1v) is 14.1. The third-order valence-corrected chi connectivity index (χ3v) is 10.7. The Morgan fingerprint density at radius 2 is 1.79 bits per heavy atom. The number of ketones is 1. The number of hydrogen-bond acceptors (Lipinski definition) is 9. The van der Waals surface area contributed by atoms with E-state index in [2.05, 4.69) is 6.92 Å². The van der Waals surface area contributed by atoms with Crippen molar-refractivity contribution in [3.05, 3.63) is 72.1 Å². The number of carbonyl (C=O) groups is 4. The van der Waals surface area contributed by atoms with E-state index in [-0.39, 0.29) is 47.9 Å². The molecule has 5 unspecified atom stereocenters. The van der Waals surface area contributed by atoms with Crippen LogP contribution in [0.25, 0.3) is 0 Å². The molecule has 2 aromatic rings. The predicted molar refractivity (Wildman–Crippen MR) is 140 cm³/mol. The number of fused-ring (bicyclic) bond motifs is 5. The van der Waals surface area contributed by atoms with E-state index in [0.29, 0.717) is 24.6 Å². The lowest BCUT2D eigenvalue weighted by Crippen LogP contribution is -2.62. The van der Waals surface area contributed by atoms with Gasteiger partial charge in [0.2, 0.25) is 10.9 Å². The second-order valence-corrected chi connectivity index (χ2v) is 12.5. The summed E-state index contributed by atoms with van der Waals surface area (Å²) in [6, 6.07) is 6.07. The van der Waals surface area contributed by atoms with E-state index < -0.39 is 38.7 Å². The zero-order valence-electron chi connectivity index (χ0n) is 21.8. The number of allylic oxidation sites excluding steroid dienone is 4. The lowest BCUT2D eigenvalue weighted by Gasteiger charge is -2.59. The highest BCUT2D eigenvalue weighted by molar-refractivity contribution is 8.26. The largest absolute Gasteiger partial charge is 0.460 e. The van der Waals surface area contributed by atoms with E-state index in [4.69, 9.17) is 13.6 Å². The molecule has 2 heterocycles. The van der Waals surface area contributed by atoms with E-state index in [0.717, 1.165) is 12.0 Å². The van der Waals surface area contributed by atoms with E-state index in [1.54, 1.807) is 24.3 Å².